The van der Waals surface area contributed by atoms with Gasteiger partial charge in [0, 0.05) is 22.7 Å². The Morgan fingerprint density at radius 3 is 2.82 bits per heavy atom. The van der Waals surface area contributed by atoms with Gasteiger partial charge in [-0.15, -0.1) is 11.8 Å². The molecule has 0 bridgehead atoms. The zero-order valence-electron chi connectivity index (χ0n) is 10.9. The van der Waals surface area contributed by atoms with Gasteiger partial charge in [0.05, 0.1) is 0 Å². The van der Waals surface area contributed by atoms with Gasteiger partial charge in [0.1, 0.15) is 0 Å². The minimum Gasteiger partial charge on any atom is -0.313 e. The maximum Gasteiger partial charge on any atom is 0.0191 e. The van der Waals surface area contributed by atoms with Gasteiger partial charge in [0.15, 0.2) is 0 Å². The summed E-state index contributed by atoms with van der Waals surface area (Å²) in [5.74, 6) is 0. The van der Waals surface area contributed by atoms with E-state index >= 15 is 0 Å². The molecule has 1 N–H and O–H groups in total. The predicted molar refractivity (Wildman–Crippen MR) is 76.8 cm³/mol. The molecule has 0 aromatic heterocycles. The van der Waals surface area contributed by atoms with Crippen LogP contribution in [-0.2, 0) is 0 Å². The zero-order valence-corrected chi connectivity index (χ0v) is 11.7. The second kappa shape index (κ2) is 6.46. The third kappa shape index (κ3) is 4.36. The quantitative estimate of drug-likeness (QED) is 0.791. The van der Waals surface area contributed by atoms with Gasteiger partial charge in [-0.1, -0.05) is 37.5 Å². The fraction of sp³-hybridized carbons (Fsp3) is 0.600. The largest absolute Gasteiger partial charge is 0.313 e. The molecule has 1 saturated carbocycles. The minimum atomic E-state index is 0.650. The monoisotopic (exact) mass is 249 g/mol. The van der Waals surface area contributed by atoms with Crippen molar-refractivity contribution in [2.75, 3.05) is 6.54 Å². The average molecular weight is 249 g/mol. The van der Waals surface area contributed by atoms with Gasteiger partial charge in [0.2, 0.25) is 0 Å². The molecule has 2 heteroatoms. The molecule has 1 aromatic carbocycles. The van der Waals surface area contributed by atoms with Crippen LogP contribution in [-0.4, -0.2) is 17.8 Å². The molecule has 94 valence electrons. The lowest BCUT2D eigenvalue weighted by Gasteiger charge is -2.16. The van der Waals surface area contributed by atoms with Crippen LogP contribution in [0.4, 0.5) is 0 Å². The molecule has 0 radical (unpaired) electrons. The van der Waals surface area contributed by atoms with E-state index in [0.717, 1.165) is 12.6 Å². The molecule has 17 heavy (non-hydrogen) atoms. The molecule has 0 spiro atoms. The molecule has 1 fully saturated rings. The van der Waals surface area contributed by atoms with E-state index < -0.39 is 0 Å². The molecule has 1 aromatic rings. The maximum atomic E-state index is 3.70. The van der Waals surface area contributed by atoms with Crippen molar-refractivity contribution in [2.24, 2.45) is 0 Å². The first-order valence-corrected chi connectivity index (χ1v) is 7.59. The third-order valence-electron chi connectivity index (χ3n) is 3.38. The Balaban J connectivity index is 1.74. The number of hydrogen-bond donors (Lipinski definition) is 1. The molecule has 1 atom stereocenters. The van der Waals surface area contributed by atoms with Crippen LogP contribution in [0.1, 0.15) is 38.2 Å². The highest BCUT2D eigenvalue weighted by Crippen LogP contribution is 2.24. The summed E-state index contributed by atoms with van der Waals surface area (Å²) < 4.78 is 0. The van der Waals surface area contributed by atoms with Crippen molar-refractivity contribution in [3.05, 3.63) is 29.8 Å². The van der Waals surface area contributed by atoms with Crippen molar-refractivity contribution in [3.63, 3.8) is 0 Å². The summed E-state index contributed by atoms with van der Waals surface area (Å²) in [7, 11) is 0. The summed E-state index contributed by atoms with van der Waals surface area (Å²) in [5, 5.41) is 4.35. The number of hydrogen-bond acceptors (Lipinski definition) is 2. The molecule has 1 unspecified atom stereocenters. The van der Waals surface area contributed by atoms with Crippen LogP contribution in [0.5, 0.6) is 0 Å². The van der Waals surface area contributed by atoms with Crippen LogP contribution in [0, 0.1) is 6.92 Å². The highest BCUT2D eigenvalue weighted by atomic mass is 32.2. The van der Waals surface area contributed by atoms with Gasteiger partial charge in [-0.25, -0.2) is 0 Å². The van der Waals surface area contributed by atoms with Crippen molar-refractivity contribution >= 4 is 11.8 Å². The number of aryl methyl sites for hydroxylation is 1. The van der Waals surface area contributed by atoms with Gasteiger partial charge in [-0.2, -0.15) is 0 Å². The Labute approximate surface area is 109 Å². The van der Waals surface area contributed by atoms with E-state index in [9.17, 15) is 0 Å². The summed E-state index contributed by atoms with van der Waals surface area (Å²) in [6, 6.07) is 9.58. The van der Waals surface area contributed by atoms with Crippen LogP contribution in [0.2, 0.25) is 0 Å². The fourth-order valence-corrected chi connectivity index (χ4v) is 3.48. The molecule has 0 aliphatic heterocycles. The topological polar surface area (TPSA) is 12.0 Å². The standard InChI is InChI=1S/C15H23NS/c1-12-6-5-9-15(10-12)17-13(2)11-16-14-7-3-4-8-14/h5-6,9-10,13-14,16H,3-4,7-8,11H2,1-2H3. The molecule has 1 nitrogen and oxygen atoms in total. The lowest BCUT2D eigenvalue weighted by atomic mass is 10.2. The van der Waals surface area contributed by atoms with Crippen LogP contribution in [0.15, 0.2) is 29.2 Å². The molecule has 0 saturated heterocycles. The lowest BCUT2D eigenvalue weighted by Crippen LogP contribution is -2.31. The first-order chi connectivity index (χ1) is 8.24. The number of nitrogens with one attached hydrogen (secondary N) is 1. The van der Waals surface area contributed by atoms with E-state index in [4.69, 9.17) is 0 Å². The van der Waals surface area contributed by atoms with Gasteiger partial charge in [-0.3, -0.25) is 0 Å². The Kier molecular flexibility index (Phi) is 4.93. The first-order valence-electron chi connectivity index (χ1n) is 6.71. The molecule has 2 rings (SSSR count). The van der Waals surface area contributed by atoms with Crippen LogP contribution >= 0.6 is 11.8 Å². The van der Waals surface area contributed by atoms with Gasteiger partial charge >= 0.3 is 0 Å². The summed E-state index contributed by atoms with van der Waals surface area (Å²) in [4.78, 5) is 1.39. The molecule has 0 amide bonds. The molecule has 1 aliphatic rings. The van der Waals surface area contributed by atoms with E-state index in [-0.39, 0.29) is 0 Å². The summed E-state index contributed by atoms with van der Waals surface area (Å²) in [5.41, 5.74) is 1.35. The van der Waals surface area contributed by atoms with Crippen molar-refractivity contribution in [2.45, 2.75) is 55.7 Å². The number of thioether (sulfide) groups is 1. The Hall–Kier alpha value is -0.470. The molecular formula is C15H23NS. The van der Waals surface area contributed by atoms with Crippen molar-refractivity contribution in [1.29, 1.82) is 0 Å². The highest BCUT2D eigenvalue weighted by molar-refractivity contribution is 8.00. The number of rotatable bonds is 5. The first kappa shape index (κ1) is 13.0. The summed E-state index contributed by atoms with van der Waals surface area (Å²) in [6.07, 6.45) is 5.58. The van der Waals surface area contributed by atoms with E-state index in [1.807, 2.05) is 11.8 Å². The second-order valence-corrected chi connectivity index (χ2v) is 6.65. The average Bonchev–Trinajstić information content (AvgIpc) is 2.79. The Morgan fingerprint density at radius 1 is 1.35 bits per heavy atom. The summed E-state index contributed by atoms with van der Waals surface area (Å²) in [6.45, 7) is 5.60. The van der Waals surface area contributed by atoms with E-state index in [0.29, 0.717) is 5.25 Å². The zero-order chi connectivity index (χ0) is 12.1. The van der Waals surface area contributed by atoms with Crippen molar-refractivity contribution in [3.8, 4) is 0 Å². The lowest BCUT2D eigenvalue weighted by molar-refractivity contribution is 0.527. The smallest absolute Gasteiger partial charge is 0.0191 e. The predicted octanol–water partition coefficient (Wildman–Crippen LogP) is 4.01. The van der Waals surface area contributed by atoms with Crippen molar-refractivity contribution in [1.82, 2.24) is 5.32 Å². The van der Waals surface area contributed by atoms with E-state index in [2.05, 4.69) is 43.4 Å². The molecule has 1 aliphatic carbocycles. The van der Waals surface area contributed by atoms with Crippen LogP contribution in [0.25, 0.3) is 0 Å². The number of benzene rings is 1. The molecule has 0 heterocycles. The highest BCUT2D eigenvalue weighted by Gasteiger charge is 2.15. The Morgan fingerprint density at radius 2 is 2.12 bits per heavy atom. The molecular weight excluding hydrogens is 226 g/mol. The van der Waals surface area contributed by atoms with Crippen molar-refractivity contribution < 1.29 is 0 Å². The van der Waals surface area contributed by atoms with Gasteiger partial charge in [-0.05, 0) is 31.9 Å². The van der Waals surface area contributed by atoms with E-state index in [1.165, 1.54) is 36.1 Å². The Bertz CT molecular complexity index is 345. The minimum absolute atomic E-state index is 0.650. The maximum absolute atomic E-state index is 3.70. The summed E-state index contributed by atoms with van der Waals surface area (Å²) >= 11 is 1.98. The third-order valence-corrected chi connectivity index (χ3v) is 4.47. The second-order valence-electron chi connectivity index (χ2n) is 5.13. The van der Waals surface area contributed by atoms with Crippen LogP contribution < -0.4 is 5.32 Å². The fourth-order valence-electron chi connectivity index (χ4n) is 2.43. The van der Waals surface area contributed by atoms with Gasteiger partial charge < -0.3 is 5.32 Å². The SMILES string of the molecule is Cc1cccc(SC(C)CNC2CCCC2)c1. The van der Waals surface area contributed by atoms with E-state index in [1.54, 1.807) is 0 Å². The normalized spacial score (nSPS) is 18.5. The van der Waals surface area contributed by atoms with Gasteiger partial charge in [0.25, 0.3) is 0 Å². The van der Waals surface area contributed by atoms with Crippen LogP contribution in [0.3, 0.4) is 0 Å².